The molecule has 0 aromatic heterocycles. The number of hydrogen-bond acceptors (Lipinski definition) is 3. The molecule has 0 radical (unpaired) electrons. The van der Waals surface area contributed by atoms with E-state index in [0.717, 1.165) is 12.3 Å². The summed E-state index contributed by atoms with van der Waals surface area (Å²) >= 11 is 0. The summed E-state index contributed by atoms with van der Waals surface area (Å²) in [7, 11) is 3.89. The first-order valence-corrected chi connectivity index (χ1v) is 5.30. The van der Waals surface area contributed by atoms with Crippen LogP contribution in [0.2, 0.25) is 0 Å². The Bertz CT molecular complexity index is 345. The lowest BCUT2D eigenvalue weighted by Gasteiger charge is -2.18. The summed E-state index contributed by atoms with van der Waals surface area (Å²) in [5, 5.41) is 9.72. The van der Waals surface area contributed by atoms with Crippen LogP contribution in [0.4, 0.5) is 5.69 Å². The third kappa shape index (κ3) is 2.35. The maximum atomic E-state index is 9.72. The first-order chi connectivity index (χ1) is 7.18. The van der Waals surface area contributed by atoms with Gasteiger partial charge in [0.1, 0.15) is 0 Å². The lowest BCUT2D eigenvalue weighted by Crippen LogP contribution is -2.11. The average molecular weight is 207 g/mol. The molecule has 0 atom stereocenters. The van der Waals surface area contributed by atoms with E-state index in [4.69, 9.17) is 4.74 Å². The quantitative estimate of drug-likeness (QED) is 0.822. The van der Waals surface area contributed by atoms with Crippen molar-refractivity contribution >= 4 is 5.69 Å². The average Bonchev–Trinajstić information content (AvgIpc) is 2.99. The first kappa shape index (κ1) is 10.1. The number of phenolic OH excluding ortho intramolecular Hbond substituents is 1. The molecule has 0 unspecified atom stereocenters. The van der Waals surface area contributed by atoms with E-state index in [1.807, 2.05) is 31.1 Å². The number of benzene rings is 1. The Morgan fingerprint density at radius 1 is 1.40 bits per heavy atom. The van der Waals surface area contributed by atoms with Crippen molar-refractivity contribution in [3.05, 3.63) is 18.2 Å². The topological polar surface area (TPSA) is 32.7 Å². The molecule has 1 fully saturated rings. The third-order valence-corrected chi connectivity index (χ3v) is 2.62. The molecule has 2 rings (SSSR count). The van der Waals surface area contributed by atoms with Crippen LogP contribution in [0.5, 0.6) is 11.5 Å². The summed E-state index contributed by atoms with van der Waals surface area (Å²) in [4.78, 5) is 1.95. The molecule has 0 saturated heterocycles. The fourth-order valence-electron chi connectivity index (χ4n) is 1.50. The predicted octanol–water partition coefficient (Wildman–Crippen LogP) is 2.25. The van der Waals surface area contributed by atoms with Crippen molar-refractivity contribution in [3.63, 3.8) is 0 Å². The maximum Gasteiger partial charge on any atom is 0.184 e. The van der Waals surface area contributed by atoms with Gasteiger partial charge in [0.2, 0.25) is 0 Å². The number of nitrogens with zero attached hydrogens (tertiary/aromatic N) is 1. The number of rotatable bonds is 4. The molecule has 82 valence electrons. The van der Waals surface area contributed by atoms with Gasteiger partial charge in [0.15, 0.2) is 11.5 Å². The number of anilines is 1. The monoisotopic (exact) mass is 207 g/mol. The number of aromatic hydroxyl groups is 1. The Labute approximate surface area is 90.3 Å². The van der Waals surface area contributed by atoms with Crippen LogP contribution in [0.1, 0.15) is 12.8 Å². The van der Waals surface area contributed by atoms with E-state index in [1.165, 1.54) is 12.8 Å². The molecule has 1 saturated carbocycles. The van der Waals surface area contributed by atoms with Gasteiger partial charge in [0, 0.05) is 14.1 Å². The van der Waals surface area contributed by atoms with Gasteiger partial charge in [-0.25, -0.2) is 0 Å². The standard InChI is InChI=1S/C12H17NO2/c1-13(2)10-4-3-5-11(14)12(10)15-8-9-6-7-9/h3-5,9,14H,6-8H2,1-2H3. The van der Waals surface area contributed by atoms with Gasteiger partial charge in [-0.1, -0.05) is 6.07 Å². The fourth-order valence-corrected chi connectivity index (χ4v) is 1.50. The summed E-state index contributed by atoms with van der Waals surface area (Å²) in [6.45, 7) is 0.721. The van der Waals surface area contributed by atoms with E-state index in [1.54, 1.807) is 6.07 Å². The highest BCUT2D eigenvalue weighted by Gasteiger charge is 2.23. The SMILES string of the molecule is CN(C)c1cccc(O)c1OCC1CC1. The molecule has 3 heteroatoms. The van der Waals surface area contributed by atoms with Crippen molar-refractivity contribution in [2.45, 2.75) is 12.8 Å². The largest absolute Gasteiger partial charge is 0.504 e. The molecule has 1 aromatic rings. The Morgan fingerprint density at radius 3 is 2.73 bits per heavy atom. The van der Waals surface area contributed by atoms with E-state index in [2.05, 4.69) is 0 Å². The zero-order chi connectivity index (χ0) is 10.8. The van der Waals surface area contributed by atoms with Crippen LogP contribution in [0, 0.1) is 5.92 Å². The molecule has 1 N–H and O–H groups in total. The summed E-state index contributed by atoms with van der Waals surface area (Å²) in [5.74, 6) is 1.52. The zero-order valence-electron chi connectivity index (χ0n) is 9.23. The molecule has 1 aliphatic carbocycles. The minimum atomic E-state index is 0.224. The molecule has 15 heavy (non-hydrogen) atoms. The van der Waals surface area contributed by atoms with Gasteiger partial charge in [-0.3, -0.25) is 0 Å². The minimum absolute atomic E-state index is 0.224. The summed E-state index contributed by atoms with van der Waals surface area (Å²) < 4.78 is 5.66. The van der Waals surface area contributed by atoms with Crippen molar-refractivity contribution in [1.29, 1.82) is 0 Å². The van der Waals surface area contributed by atoms with E-state index < -0.39 is 0 Å². The second kappa shape index (κ2) is 4.01. The van der Waals surface area contributed by atoms with Crippen LogP contribution in [0.3, 0.4) is 0 Å². The number of ether oxygens (including phenoxy) is 1. The second-order valence-electron chi connectivity index (χ2n) is 4.27. The van der Waals surface area contributed by atoms with Crippen molar-refractivity contribution in [2.24, 2.45) is 5.92 Å². The number of hydrogen-bond donors (Lipinski definition) is 1. The lowest BCUT2D eigenvalue weighted by molar-refractivity contribution is 0.285. The fraction of sp³-hybridized carbons (Fsp3) is 0.500. The Balaban J connectivity index is 2.16. The van der Waals surface area contributed by atoms with Gasteiger partial charge in [-0.05, 0) is 30.9 Å². The zero-order valence-corrected chi connectivity index (χ0v) is 9.23. The smallest absolute Gasteiger partial charge is 0.184 e. The van der Waals surface area contributed by atoms with Gasteiger partial charge >= 0.3 is 0 Å². The van der Waals surface area contributed by atoms with Crippen molar-refractivity contribution in [3.8, 4) is 11.5 Å². The molecular weight excluding hydrogens is 190 g/mol. The molecule has 1 aromatic carbocycles. The van der Waals surface area contributed by atoms with Gasteiger partial charge < -0.3 is 14.7 Å². The van der Waals surface area contributed by atoms with Crippen molar-refractivity contribution in [1.82, 2.24) is 0 Å². The summed E-state index contributed by atoms with van der Waals surface area (Å²) in [6, 6.07) is 5.44. The highest BCUT2D eigenvalue weighted by Crippen LogP contribution is 2.38. The highest BCUT2D eigenvalue weighted by molar-refractivity contribution is 5.63. The molecule has 0 amide bonds. The van der Waals surface area contributed by atoms with E-state index in [9.17, 15) is 5.11 Å². The molecule has 0 spiro atoms. The number of para-hydroxylation sites is 1. The molecular formula is C12H17NO2. The number of phenols is 1. The van der Waals surface area contributed by atoms with Crippen LogP contribution >= 0.6 is 0 Å². The third-order valence-electron chi connectivity index (χ3n) is 2.62. The minimum Gasteiger partial charge on any atom is -0.504 e. The van der Waals surface area contributed by atoms with Crippen LogP contribution in [-0.4, -0.2) is 25.8 Å². The summed E-state index contributed by atoms with van der Waals surface area (Å²) in [5.41, 5.74) is 0.927. The molecule has 3 nitrogen and oxygen atoms in total. The van der Waals surface area contributed by atoms with E-state index in [-0.39, 0.29) is 5.75 Å². The Kier molecular flexibility index (Phi) is 2.71. The van der Waals surface area contributed by atoms with Crippen LogP contribution < -0.4 is 9.64 Å². The Hall–Kier alpha value is -1.38. The summed E-state index contributed by atoms with van der Waals surface area (Å²) in [6.07, 6.45) is 2.51. The van der Waals surface area contributed by atoms with Gasteiger partial charge in [-0.2, -0.15) is 0 Å². The second-order valence-corrected chi connectivity index (χ2v) is 4.27. The maximum absolute atomic E-state index is 9.72. The van der Waals surface area contributed by atoms with Crippen LogP contribution in [0.25, 0.3) is 0 Å². The Morgan fingerprint density at radius 2 is 2.13 bits per heavy atom. The van der Waals surface area contributed by atoms with Crippen LogP contribution in [0.15, 0.2) is 18.2 Å². The predicted molar refractivity (Wildman–Crippen MR) is 60.7 cm³/mol. The lowest BCUT2D eigenvalue weighted by atomic mass is 10.2. The molecule has 0 heterocycles. The highest BCUT2D eigenvalue weighted by atomic mass is 16.5. The van der Waals surface area contributed by atoms with Crippen molar-refractivity contribution < 1.29 is 9.84 Å². The normalized spacial score (nSPS) is 15.1. The van der Waals surface area contributed by atoms with Gasteiger partial charge in [-0.15, -0.1) is 0 Å². The molecule has 1 aliphatic rings. The van der Waals surface area contributed by atoms with Gasteiger partial charge in [0.25, 0.3) is 0 Å². The van der Waals surface area contributed by atoms with E-state index in [0.29, 0.717) is 11.7 Å². The van der Waals surface area contributed by atoms with Crippen molar-refractivity contribution in [2.75, 3.05) is 25.6 Å². The van der Waals surface area contributed by atoms with Gasteiger partial charge in [0.05, 0.1) is 12.3 Å². The first-order valence-electron chi connectivity index (χ1n) is 5.30. The molecule has 0 bridgehead atoms. The molecule has 0 aliphatic heterocycles. The van der Waals surface area contributed by atoms with E-state index >= 15 is 0 Å². The van der Waals surface area contributed by atoms with Crippen LogP contribution in [-0.2, 0) is 0 Å².